The largest absolute Gasteiger partial charge is 0.352 e. The Morgan fingerprint density at radius 2 is 1.96 bits per heavy atom. The lowest BCUT2D eigenvalue weighted by molar-refractivity contribution is 0.0942. The second-order valence-corrected chi connectivity index (χ2v) is 7.09. The van der Waals surface area contributed by atoms with Crippen molar-refractivity contribution in [2.75, 3.05) is 25.0 Å². The molecule has 126 valence electrons. The summed E-state index contributed by atoms with van der Waals surface area (Å²) in [6, 6.07) is 5.05. The van der Waals surface area contributed by atoms with Crippen LogP contribution in [0.25, 0.3) is 0 Å². The molecule has 1 fully saturated rings. The first-order chi connectivity index (χ1) is 10.7. The van der Waals surface area contributed by atoms with Crippen molar-refractivity contribution in [3.63, 3.8) is 0 Å². The maximum atomic E-state index is 12.2. The van der Waals surface area contributed by atoms with E-state index in [0.717, 1.165) is 18.7 Å². The molecule has 0 aliphatic carbocycles. The molecule has 6 heteroatoms. The van der Waals surface area contributed by atoms with Gasteiger partial charge in [0.1, 0.15) is 0 Å². The third-order valence-electron chi connectivity index (χ3n) is 3.65. The van der Waals surface area contributed by atoms with Crippen LogP contribution in [0.5, 0.6) is 0 Å². The molecule has 1 heterocycles. The summed E-state index contributed by atoms with van der Waals surface area (Å²) < 4.78 is 0. The van der Waals surface area contributed by atoms with Crippen LogP contribution in [0.3, 0.4) is 0 Å². The highest BCUT2D eigenvalue weighted by molar-refractivity contribution is 5.97. The summed E-state index contributed by atoms with van der Waals surface area (Å²) in [6.07, 6.45) is 0. The van der Waals surface area contributed by atoms with Gasteiger partial charge in [-0.3, -0.25) is 4.79 Å². The summed E-state index contributed by atoms with van der Waals surface area (Å²) in [7, 11) is 0. The number of carbonyl (C=O) groups excluding carboxylic acids is 2. The van der Waals surface area contributed by atoms with Gasteiger partial charge in [-0.2, -0.15) is 0 Å². The zero-order valence-electron chi connectivity index (χ0n) is 14.2. The predicted molar refractivity (Wildman–Crippen MR) is 91.8 cm³/mol. The normalized spacial score (nSPS) is 14.8. The van der Waals surface area contributed by atoms with E-state index in [4.69, 9.17) is 0 Å². The third-order valence-corrected chi connectivity index (χ3v) is 3.65. The van der Waals surface area contributed by atoms with Crippen molar-refractivity contribution in [1.29, 1.82) is 0 Å². The molecule has 1 aromatic carbocycles. The minimum Gasteiger partial charge on any atom is -0.352 e. The quantitative estimate of drug-likeness (QED) is 0.684. The van der Waals surface area contributed by atoms with Gasteiger partial charge in [0.15, 0.2) is 0 Å². The molecule has 1 saturated heterocycles. The van der Waals surface area contributed by atoms with Gasteiger partial charge in [-0.25, -0.2) is 4.79 Å². The highest BCUT2D eigenvalue weighted by Gasteiger charge is 2.18. The second-order valence-electron chi connectivity index (χ2n) is 7.09. The molecular weight excluding hydrogens is 292 g/mol. The fourth-order valence-electron chi connectivity index (χ4n) is 2.22. The lowest BCUT2D eigenvalue weighted by Crippen LogP contribution is -2.48. The standard InChI is InChI=1S/C17H26N4O2/c1-11-5-6-13(15(22)19-10-12-8-18-9-12)7-14(11)20-16(23)21-17(2,3)4/h5-7,12,18H,8-10H2,1-4H3,(H,19,22)(H2,20,21,23). The first-order valence-corrected chi connectivity index (χ1v) is 7.93. The first-order valence-electron chi connectivity index (χ1n) is 7.93. The summed E-state index contributed by atoms with van der Waals surface area (Å²) in [6.45, 7) is 10.2. The zero-order chi connectivity index (χ0) is 17.0. The lowest BCUT2D eigenvalue weighted by atomic mass is 10.0. The van der Waals surface area contributed by atoms with Gasteiger partial charge in [0.2, 0.25) is 0 Å². The van der Waals surface area contributed by atoms with E-state index in [-0.39, 0.29) is 17.5 Å². The molecule has 1 aromatic rings. The Hall–Kier alpha value is -2.08. The van der Waals surface area contributed by atoms with Crippen LogP contribution >= 0.6 is 0 Å². The highest BCUT2D eigenvalue weighted by atomic mass is 16.2. The first kappa shape index (κ1) is 17.3. The Morgan fingerprint density at radius 3 is 2.52 bits per heavy atom. The molecule has 1 aliphatic heterocycles. The van der Waals surface area contributed by atoms with Gasteiger partial charge in [-0.1, -0.05) is 6.07 Å². The highest BCUT2D eigenvalue weighted by Crippen LogP contribution is 2.17. The number of anilines is 1. The third kappa shape index (κ3) is 5.25. The Kier molecular flexibility index (Phi) is 5.26. The number of urea groups is 1. The Balaban J connectivity index is 1.99. The molecule has 4 N–H and O–H groups in total. The van der Waals surface area contributed by atoms with E-state index in [1.807, 2.05) is 33.8 Å². The van der Waals surface area contributed by atoms with E-state index in [2.05, 4.69) is 21.3 Å². The SMILES string of the molecule is Cc1ccc(C(=O)NCC2CNC2)cc1NC(=O)NC(C)(C)C. The molecule has 0 bridgehead atoms. The van der Waals surface area contributed by atoms with Crippen molar-refractivity contribution < 1.29 is 9.59 Å². The van der Waals surface area contributed by atoms with E-state index in [1.165, 1.54) is 0 Å². The van der Waals surface area contributed by atoms with Crippen LogP contribution in [-0.4, -0.2) is 37.1 Å². The number of carbonyl (C=O) groups is 2. The van der Waals surface area contributed by atoms with E-state index >= 15 is 0 Å². The molecule has 0 spiro atoms. The average molecular weight is 318 g/mol. The molecule has 2 rings (SSSR count). The van der Waals surface area contributed by atoms with Gasteiger partial charge in [0.25, 0.3) is 5.91 Å². The van der Waals surface area contributed by atoms with Crippen molar-refractivity contribution in [2.24, 2.45) is 5.92 Å². The van der Waals surface area contributed by atoms with Crippen molar-refractivity contribution in [1.82, 2.24) is 16.0 Å². The number of hydrogen-bond acceptors (Lipinski definition) is 3. The fourth-order valence-corrected chi connectivity index (χ4v) is 2.22. The van der Waals surface area contributed by atoms with E-state index < -0.39 is 0 Å². The Morgan fingerprint density at radius 1 is 1.26 bits per heavy atom. The summed E-state index contributed by atoms with van der Waals surface area (Å²) in [5, 5.41) is 11.8. The van der Waals surface area contributed by atoms with Gasteiger partial charge in [-0.05, 0) is 45.4 Å². The van der Waals surface area contributed by atoms with Crippen molar-refractivity contribution >= 4 is 17.6 Å². The minimum atomic E-state index is -0.316. The van der Waals surface area contributed by atoms with Crippen LogP contribution < -0.4 is 21.3 Å². The molecule has 0 radical (unpaired) electrons. The van der Waals surface area contributed by atoms with Crippen molar-refractivity contribution in [3.8, 4) is 0 Å². The van der Waals surface area contributed by atoms with Crippen LogP contribution in [0.2, 0.25) is 0 Å². The predicted octanol–water partition coefficient (Wildman–Crippen LogP) is 1.86. The molecule has 6 nitrogen and oxygen atoms in total. The van der Waals surface area contributed by atoms with Gasteiger partial charge >= 0.3 is 6.03 Å². The fraction of sp³-hybridized carbons (Fsp3) is 0.529. The van der Waals surface area contributed by atoms with Crippen LogP contribution in [0.15, 0.2) is 18.2 Å². The van der Waals surface area contributed by atoms with Gasteiger partial charge in [-0.15, -0.1) is 0 Å². The molecule has 1 aliphatic rings. The number of rotatable bonds is 4. The number of nitrogens with one attached hydrogen (secondary N) is 4. The van der Waals surface area contributed by atoms with Gasteiger partial charge in [0, 0.05) is 42.3 Å². The summed E-state index contributed by atoms with van der Waals surface area (Å²) in [5.74, 6) is 0.399. The van der Waals surface area contributed by atoms with Gasteiger partial charge < -0.3 is 21.3 Å². The average Bonchev–Trinajstić information content (AvgIpc) is 2.37. The van der Waals surface area contributed by atoms with Crippen LogP contribution in [0.1, 0.15) is 36.7 Å². The summed E-state index contributed by atoms with van der Waals surface area (Å²) in [5.41, 5.74) is 1.79. The molecule has 23 heavy (non-hydrogen) atoms. The number of benzene rings is 1. The minimum absolute atomic E-state index is 0.115. The molecule has 0 unspecified atom stereocenters. The molecule has 0 saturated carbocycles. The number of hydrogen-bond donors (Lipinski definition) is 4. The molecule has 0 atom stereocenters. The maximum absolute atomic E-state index is 12.2. The van der Waals surface area contributed by atoms with Crippen molar-refractivity contribution in [2.45, 2.75) is 33.2 Å². The number of aryl methyl sites for hydroxylation is 1. The second kappa shape index (κ2) is 7.00. The molecule has 3 amide bonds. The smallest absolute Gasteiger partial charge is 0.319 e. The van der Waals surface area contributed by atoms with E-state index in [9.17, 15) is 9.59 Å². The van der Waals surface area contributed by atoms with E-state index in [0.29, 0.717) is 23.7 Å². The monoisotopic (exact) mass is 318 g/mol. The topological polar surface area (TPSA) is 82.3 Å². The Bertz CT molecular complexity index is 589. The van der Waals surface area contributed by atoms with E-state index in [1.54, 1.807) is 12.1 Å². The zero-order valence-corrected chi connectivity index (χ0v) is 14.2. The Labute approximate surface area is 137 Å². The van der Waals surface area contributed by atoms with Crippen molar-refractivity contribution in [3.05, 3.63) is 29.3 Å². The number of amides is 3. The van der Waals surface area contributed by atoms with Crippen LogP contribution in [0.4, 0.5) is 10.5 Å². The molecular formula is C17H26N4O2. The van der Waals surface area contributed by atoms with Crippen LogP contribution in [0, 0.1) is 12.8 Å². The summed E-state index contributed by atoms with van der Waals surface area (Å²) in [4.78, 5) is 24.2. The lowest BCUT2D eigenvalue weighted by Gasteiger charge is -2.27. The van der Waals surface area contributed by atoms with Crippen LogP contribution in [-0.2, 0) is 0 Å². The maximum Gasteiger partial charge on any atom is 0.319 e. The molecule has 0 aromatic heterocycles. The summed E-state index contributed by atoms with van der Waals surface area (Å²) >= 11 is 0. The van der Waals surface area contributed by atoms with Gasteiger partial charge in [0.05, 0.1) is 0 Å².